The second-order valence-corrected chi connectivity index (χ2v) is 5.85. The van der Waals surface area contributed by atoms with Gasteiger partial charge in [-0.2, -0.15) is 0 Å². The van der Waals surface area contributed by atoms with Gasteiger partial charge in [-0.3, -0.25) is 4.99 Å². The summed E-state index contributed by atoms with van der Waals surface area (Å²) in [6.07, 6.45) is 1.92. The minimum atomic E-state index is 0.660. The van der Waals surface area contributed by atoms with E-state index in [0.717, 1.165) is 11.3 Å². The van der Waals surface area contributed by atoms with Gasteiger partial charge in [0.25, 0.3) is 0 Å². The Hall–Kier alpha value is -2.64. The lowest BCUT2D eigenvalue weighted by atomic mass is 9.97. The van der Waals surface area contributed by atoms with Crippen molar-refractivity contribution in [1.82, 2.24) is 0 Å². The third kappa shape index (κ3) is 2.60. The van der Waals surface area contributed by atoms with E-state index in [1.54, 1.807) is 0 Å². The summed E-state index contributed by atoms with van der Waals surface area (Å²) < 4.78 is 0. The van der Waals surface area contributed by atoms with Crippen molar-refractivity contribution in [3.05, 3.63) is 89.4 Å². The molecular formula is C21H14ClN. The number of hydrogen-bond acceptors (Lipinski definition) is 1. The molecule has 0 atom stereocenters. The van der Waals surface area contributed by atoms with E-state index >= 15 is 0 Å². The van der Waals surface area contributed by atoms with Crippen molar-refractivity contribution in [2.45, 2.75) is 0 Å². The first-order valence-electron chi connectivity index (χ1n) is 7.52. The zero-order chi connectivity index (χ0) is 15.6. The number of halogens is 1. The summed E-state index contributed by atoms with van der Waals surface area (Å²) >= 11 is 6.21. The summed E-state index contributed by atoms with van der Waals surface area (Å²) in [4.78, 5) is 4.62. The van der Waals surface area contributed by atoms with Crippen LogP contribution in [0.25, 0.3) is 21.5 Å². The first kappa shape index (κ1) is 14.0. The Bertz CT molecular complexity index is 980. The van der Waals surface area contributed by atoms with Crippen molar-refractivity contribution < 1.29 is 0 Å². The fraction of sp³-hybridized carbons (Fsp3) is 0. The molecule has 4 rings (SSSR count). The minimum absolute atomic E-state index is 0.660. The molecule has 1 nitrogen and oxygen atoms in total. The van der Waals surface area contributed by atoms with Gasteiger partial charge in [-0.15, -0.1) is 0 Å². The van der Waals surface area contributed by atoms with Gasteiger partial charge in [-0.1, -0.05) is 72.3 Å². The van der Waals surface area contributed by atoms with Gasteiger partial charge in [0, 0.05) is 11.8 Å². The molecule has 0 unspecified atom stereocenters. The average molecular weight is 316 g/mol. The Morgan fingerprint density at radius 2 is 1.26 bits per heavy atom. The van der Waals surface area contributed by atoms with E-state index in [9.17, 15) is 0 Å². The van der Waals surface area contributed by atoms with Crippen molar-refractivity contribution in [1.29, 1.82) is 0 Å². The highest BCUT2D eigenvalue weighted by atomic mass is 35.5. The third-order valence-corrected chi connectivity index (χ3v) is 4.32. The molecule has 0 saturated carbocycles. The molecule has 0 radical (unpaired) electrons. The molecule has 0 aliphatic rings. The summed E-state index contributed by atoms with van der Waals surface area (Å²) in [5, 5.41) is 5.48. The second kappa shape index (κ2) is 5.86. The number of aliphatic imine (C=N–C) groups is 1. The van der Waals surface area contributed by atoms with Crippen molar-refractivity contribution in [3.8, 4) is 0 Å². The van der Waals surface area contributed by atoms with E-state index in [-0.39, 0.29) is 0 Å². The third-order valence-electron chi connectivity index (χ3n) is 4.00. The molecule has 4 aromatic carbocycles. The molecule has 0 N–H and O–H groups in total. The minimum Gasteiger partial charge on any atom is -0.255 e. The van der Waals surface area contributed by atoms with Crippen LogP contribution >= 0.6 is 11.6 Å². The lowest BCUT2D eigenvalue weighted by molar-refractivity contribution is 1.53. The van der Waals surface area contributed by atoms with Gasteiger partial charge >= 0.3 is 0 Å². The van der Waals surface area contributed by atoms with Gasteiger partial charge in [0.2, 0.25) is 0 Å². The summed E-state index contributed by atoms with van der Waals surface area (Å²) in [6.45, 7) is 0. The van der Waals surface area contributed by atoms with Crippen LogP contribution in [0.1, 0.15) is 5.56 Å². The number of rotatable bonds is 2. The Morgan fingerprint density at radius 3 is 1.91 bits per heavy atom. The van der Waals surface area contributed by atoms with E-state index in [1.165, 1.54) is 21.5 Å². The Balaban J connectivity index is 1.98. The molecule has 0 spiro atoms. The van der Waals surface area contributed by atoms with Crippen LogP contribution in [0.15, 0.2) is 83.9 Å². The van der Waals surface area contributed by atoms with Gasteiger partial charge in [-0.05, 0) is 39.7 Å². The molecule has 23 heavy (non-hydrogen) atoms. The van der Waals surface area contributed by atoms with Crippen molar-refractivity contribution in [3.63, 3.8) is 0 Å². The van der Waals surface area contributed by atoms with Gasteiger partial charge in [0.15, 0.2) is 0 Å². The molecule has 0 aliphatic carbocycles. The van der Waals surface area contributed by atoms with Crippen LogP contribution < -0.4 is 0 Å². The molecule has 4 aromatic rings. The Kier molecular flexibility index (Phi) is 3.57. The lowest BCUT2D eigenvalue weighted by Gasteiger charge is -2.08. The highest BCUT2D eigenvalue weighted by Crippen LogP contribution is 2.29. The van der Waals surface area contributed by atoms with Gasteiger partial charge in [0.1, 0.15) is 0 Å². The van der Waals surface area contributed by atoms with Gasteiger partial charge in [0.05, 0.1) is 10.7 Å². The molecule has 0 aliphatic heterocycles. The van der Waals surface area contributed by atoms with Crippen molar-refractivity contribution >= 4 is 45.0 Å². The standard InChI is InChI=1S/C21H14ClN/c22-20-11-5-6-12-21(20)23-14-19-17-9-3-1-7-15(17)13-16-8-2-4-10-18(16)19/h1-14H. The molecular weight excluding hydrogens is 302 g/mol. The average Bonchev–Trinajstić information content (AvgIpc) is 2.60. The number of benzene rings is 4. The molecule has 0 heterocycles. The molecule has 0 saturated heterocycles. The van der Waals surface area contributed by atoms with E-state index < -0.39 is 0 Å². The van der Waals surface area contributed by atoms with Crippen molar-refractivity contribution in [2.75, 3.05) is 0 Å². The molecule has 0 amide bonds. The number of nitrogens with zero attached hydrogens (tertiary/aromatic N) is 1. The number of hydrogen-bond donors (Lipinski definition) is 0. The van der Waals surface area contributed by atoms with Crippen molar-refractivity contribution in [2.24, 2.45) is 4.99 Å². The van der Waals surface area contributed by atoms with E-state index in [0.29, 0.717) is 5.02 Å². The Labute approximate surface area is 139 Å². The Morgan fingerprint density at radius 1 is 0.696 bits per heavy atom. The highest BCUT2D eigenvalue weighted by molar-refractivity contribution is 6.33. The van der Waals surface area contributed by atoms with Crippen LogP contribution in [-0.2, 0) is 0 Å². The van der Waals surface area contributed by atoms with Gasteiger partial charge < -0.3 is 0 Å². The van der Waals surface area contributed by atoms with Crippen LogP contribution in [0.5, 0.6) is 0 Å². The largest absolute Gasteiger partial charge is 0.255 e. The first-order chi connectivity index (χ1) is 11.3. The predicted octanol–water partition coefficient (Wildman–Crippen LogP) is 6.40. The van der Waals surface area contributed by atoms with Gasteiger partial charge in [-0.25, -0.2) is 0 Å². The maximum Gasteiger partial charge on any atom is 0.0816 e. The summed E-state index contributed by atoms with van der Waals surface area (Å²) in [7, 11) is 0. The van der Waals surface area contributed by atoms with E-state index in [1.807, 2.05) is 30.5 Å². The second-order valence-electron chi connectivity index (χ2n) is 5.44. The summed E-state index contributed by atoms with van der Waals surface area (Å²) in [6, 6.07) is 26.6. The quantitative estimate of drug-likeness (QED) is 0.300. The topological polar surface area (TPSA) is 12.4 Å². The maximum atomic E-state index is 6.21. The smallest absolute Gasteiger partial charge is 0.0816 e. The van der Waals surface area contributed by atoms with Crippen LogP contribution in [0, 0.1) is 0 Å². The van der Waals surface area contributed by atoms with Crippen LogP contribution in [0.3, 0.4) is 0 Å². The predicted molar refractivity (Wildman–Crippen MR) is 100 cm³/mol. The summed E-state index contributed by atoms with van der Waals surface area (Å²) in [5.41, 5.74) is 1.91. The highest BCUT2D eigenvalue weighted by Gasteiger charge is 2.05. The maximum absolute atomic E-state index is 6.21. The zero-order valence-electron chi connectivity index (χ0n) is 12.4. The van der Waals surface area contributed by atoms with Crippen LogP contribution in [0.4, 0.5) is 5.69 Å². The van der Waals surface area contributed by atoms with Crippen LogP contribution in [0.2, 0.25) is 5.02 Å². The molecule has 2 heteroatoms. The monoisotopic (exact) mass is 315 g/mol. The SMILES string of the molecule is Clc1ccccc1N=Cc1c2ccccc2cc2ccccc12. The first-order valence-corrected chi connectivity index (χ1v) is 7.90. The van der Waals surface area contributed by atoms with Crippen LogP contribution in [-0.4, -0.2) is 6.21 Å². The molecule has 0 fully saturated rings. The van der Waals surface area contributed by atoms with E-state index in [4.69, 9.17) is 11.6 Å². The fourth-order valence-electron chi connectivity index (χ4n) is 2.88. The molecule has 0 bridgehead atoms. The fourth-order valence-corrected chi connectivity index (χ4v) is 3.06. The zero-order valence-corrected chi connectivity index (χ0v) is 13.2. The van der Waals surface area contributed by atoms with E-state index in [2.05, 4.69) is 59.6 Å². The molecule has 0 aromatic heterocycles. The lowest BCUT2D eigenvalue weighted by Crippen LogP contribution is -1.88. The summed E-state index contributed by atoms with van der Waals surface area (Å²) in [5.74, 6) is 0. The molecule has 110 valence electrons. The number of fused-ring (bicyclic) bond motifs is 2. The number of para-hydroxylation sites is 1. The normalized spacial score (nSPS) is 11.5.